The van der Waals surface area contributed by atoms with Gasteiger partial charge in [-0.15, -0.1) is 0 Å². The lowest BCUT2D eigenvalue weighted by atomic mass is 10.1. The van der Waals surface area contributed by atoms with Crippen molar-refractivity contribution in [2.24, 2.45) is 0 Å². The number of ether oxygens (including phenoxy) is 1. The molecule has 0 radical (unpaired) electrons. The van der Waals surface area contributed by atoms with Crippen molar-refractivity contribution in [3.05, 3.63) is 0 Å². The van der Waals surface area contributed by atoms with Gasteiger partial charge >= 0.3 is 6.03 Å². The maximum Gasteiger partial charge on any atom is 0.315 e. The van der Waals surface area contributed by atoms with Crippen LogP contribution in [-0.2, 0) is 4.74 Å². The van der Waals surface area contributed by atoms with Gasteiger partial charge in [0.05, 0.1) is 31.4 Å². The average Bonchev–Trinajstić information content (AvgIpc) is 2.70. The minimum absolute atomic E-state index is 0.0200. The molecule has 0 aromatic rings. The van der Waals surface area contributed by atoms with E-state index < -0.39 is 11.6 Å². The van der Waals surface area contributed by atoms with Crippen LogP contribution in [0.5, 0.6) is 0 Å². The molecule has 0 bridgehead atoms. The highest BCUT2D eigenvalue weighted by atomic mass is 16.5. The molecule has 1 aliphatic heterocycles. The molecule has 1 heterocycles. The van der Waals surface area contributed by atoms with Crippen molar-refractivity contribution < 1.29 is 19.7 Å². The summed E-state index contributed by atoms with van der Waals surface area (Å²) < 4.78 is 5.10. The molecule has 4 N–H and O–H groups in total. The Morgan fingerprint density at radius 3 is 2.67 bits per heavy atom. The van der Waals surface area contributed by atoms with Gasteiger partial charge in [-0.3, -0.25) is 0 Å². The van der Waals surface area contributed by atoms with Gasteiger partial charge < -0.3 is 25.6 Å². The Kier molecular flexibility index (Phi) is 4.31. The third-order valence-corrected chi connectivity index (χ3v) is 2.38. The highest BCUT2D eigenvalue weighted by molar-refractivity contribution is 5.75. The zero-order valence-corrected chi connectivity index (χ0v) is 8.82. The first kappa shape index (κ1) is 12.2. The van der Waals surface area contributed by atoms with E-state index in [9.17, 15) is 4.79 Å². The molecule has 1 rings (SSSR count). The summed E-state index contributed by atoms with van der Waals surface area (Å²) in [5.41, 5.74) is -0.983. The summed E-state index contributed by atoms with van der Waals surface area (Å²) in [6, 6.07) is -0.372. The lowest BCUT2D eigenvalue weighted by molar-refractivity contribution is 0.108. The van der Waals surface area contributed by atoms with E-state index in [0.29, 0.717) is 13.2 Å². The standard InChI is InChI=1S/C9H18N2O4/c1-9(5-12,6-13)11-8(14)10-7-2-3-15-4-7/h7,12-13H,2-6H2,1H3,(H2,10,11,14). The van der Waals surface area contributed by atoms with Crippen LogP contribution in [0, 0.1) is 0 Å². The molecular formula is C9H18N2O4. The zero-order valence-electron chi connectivity index (χ0n) is 8.82. The van der Waals surface area contributed by atoms with Gasteiger partial charge in [-0.2, -0.15) is 0 Å². The van der Waals surface area contributed by atoms with Gasteiger partial charge in [0.25, 0.3) is 0 Å². The van der Waals surface area contributed by atoms with Crippen molar-refractivity contribution in [2.45, 2.75) is 24.9 Å². The van der Waals surface area contributed by atoms with Crippen LogP contribution in [0.15, 0.2) is 0 Å². The first-order valence-corrected chi connectivity index (χ1v) is 4.98. The molecule has 1 aliphatic rings. The van der Waals surface area contributed by atoms with Crippen molar-refractivity contribution in [1.82, 2.24) is 10.6 Å². The monoisotopic (exact) mass is 218 g/mol. The smallest absolute Gasteiger partial charge is 0.315 e. The molecular weight excluding hydrogens is 200 g/mol. The number of rotatable bonds is 4. The minimum Gasteiger partial charge on any atom is -0.394 e. The van der Waals surface area contributed by atoms with E-state index >= 15 is 0 Å². The summed E-state index contributed by atoms with van der Waals surface area (Å²) in [6.45, 7) is 2.12. The fourth-order valence-electron chi connectivity index (χ4n) is 1.27. The first-order chi connectivity index (χ1) is 7.09. The van der Waals surface area contributed by atoms with Crippen LogP contribution in [-0.4, -0.2) is 54.3 Å². The number of urea groups is 1. The summed E-state index contributed by atoms with van der Waals surface area (Å²) >= 11 is 0. The van der Waals surface area contributed by atoms with Crippen molar-refractivity contribution >= 4 is 6.03 Å². The SMILES string of the molecule is CC(CO)(CO)NC(=O)NC1CCOC1. The largest absolute Gasteiger partial charge is 0.394 e. The predicted molar refractivity (Wildman–Crippen MR) is 53.5 cm³/mol. The highest BCUT2D eigenvalue weighted by Gasteiger charge is 2.26. The van der Waals surface area contributed by atoms with Crippen molar-refractivity contribution in [3.63, 3.8) is 0 Å². The zero-order chi connectivity index (χ0) is 11.3. The number of amides is 2. The normalized spacial score (nSPS) is 21.4. The van der Waals surface area contributed by atoms with Crippen LogP contribution in [0.4, 0.5) is 4.79 Å². The third kappa shape index (κ3) is 3.65. The molecule has 0 saturated carbocycles. The Morgan fingerprint density at radius 1 is 1.53 bits per heavy atom. The number of carbonyl (C=O) groups excluding carboxylic acids is 1. The molecule has 1 saturated heterocycles. The van der Waals surface area contributed by atoms with Crippen LogP contribution >= 0.6 is 0 Å². The lowest BCUT2D eigenvalue weighted by Crippen LogP contribution is -2.56. The Morgan fingerprint density at radius 2 is 2.20 bits per heavy atom. The van der Waals surface area contributed by atoms with Crippen LogP contribution in [0.1, 0.15) is 13.3 Å². The summed E-state index contributed by atoms with van der Waals surface area (Å²) in [5.74, 6) is 0. The maximum atomic E-state index is 11.4. The summed E-state index contributed by atoms with van der Waals surface area (Å²) in [4.78, 5) is 11.4. The highest BCUT2D eigenvalue weighted by Crippen LogP contribution is 2.04. The summed E-state index contributed by atoms with van der Waals surface area (Å²) in [5, 5.41) is 23.2. The number of nitrogens with one attached hydrogen (secondary N) is 2. The van der Waals surface area contributed by atoms with Gasteiger partial charge in [0, 0.05) is 6.61 Å². The van der Waals surface area contributed by atoms with Gasteiger partial charge in [0.1, 0.15) is 0 Å². The van der Waals surface area contributed by atoms with E-state index in [1.54, 1.807) is 6.92 Å². The van der Waals surface area contributed by atoms with Crippen molar-refractivity contribution in [2.75, 3.05) is 26.4 Å². The molecule has 2 amide bonds. The molecule has 0 aliphatic carbocycles. The molecule has 0 aromatic carbocycles. The van der Waals surface area contributed by atoms with E-state index in [1.165, 1.54) is 0 Å². The van der Waals surface area contributed by atoms with E-state index in [2.05, 4.69) is 10.6 Å². The van der Waals surface area contributed by atoms with E-state index in [0.717, 1.165) is 6.42 Å². The number of aliphatic hydroxyl groups excluding tert-OH is 2. The summed E-state index contributed by atoms with van der Waals surface area (Å²) in [7, 11) is 0. The van der Waals surface area contributed by atoms with Crippen LogP contribution in [0.3, 0.4) is 0 Å². The molecule has 1 fully saturated rings. The molecule has 0 spiro atoms. The quantitative estimate of drug-likeness (QED) is 0.478. The number of hydrogen-bond acceptors (Lipinski definition) is 4. The van der Waals surface area contributed by atoms with E-state index in [-0.39, 0.29) is 19.3 Å². The number of hydrogen-bond donors (Lipinski definition) is 4. The topological polar surface area (TPSA) is 90.8 Å². The Labute approximate surface area is 88.6 Å². The molecule has 1 unspecified atom stereocenters. The van der Waals surface area contributed by atoms with Gasteiger partial charge in [-0.05, 0) is 13.3 Å². The Bertz CT molecular complexity index is 212. The van der Waals surface area contributed by atoms with Gasteiger partial charge in [0.15, 0.2) is 0 Å². The summed E-state index contributed by atoms with van der Waals surface area (Å²) in [6.07, 6.45) is 0.794. The average molecular weight is 218 g/mol. The second-order valence-electron chi connectivity index (χ2n) is 4.04. The van der Waals surface area contributed by atoms with Crippen LogP contribution < -0.4 is 10.6 Å². The van der Waals surface area contributed by atoms with E-state index in [4.69, 9.17) is 14.9 Å². The molecule has 88 valence electrons. The molecule has 0 aromatic heterocycles. The van der Waals surface area contributed by atoms with Crippen molar-refractivity contribution in [1.29, 1.82) is 0 Å². The van der Waals surface area contributed by atoms with E-state index in [1.807, 2.05) is 0 Å². The first-order valence-electron chi connectivity index (χ1n) is 4.98. The van der Waals surface area contributed by atoms with Crippen LogP contribution in [0.25, 0.3) is 0 Å². The number of aliphatic hydroxyl groups is 2. The second-order valence-corrected chi connectivity index (χ2v) is 4.04. The minimum atomic E-state index is -0.983. The molecule has 6 heteroatoms. The fourth-order valence-corrected chi connectivity index (χ4v) is 1.27. The number of carbonyl (C=O) groups is 1. The third-order valence-electron chi connectivity index (χ3n) is 2.38. The predicted octanol–water partition coefficient (Wildman–Crippen LogP) is -1.18. The maximum absolute atomic E-state index is 11.4. The fraction of sp³-hybridized carbons (Fsp3) is 0.889. The molecule has 1 atom stereocenters. The van der Waals surface area contributed by atoms with Crippen LogP contribution in [0.2, 0.25) is 0 Å². The second kappa shape index (κ2) is 5.29. The van der Waals surface area contributed by atoms with Gasteiger partial charge in [-0.1, -0.05) is 0 Å². The molecule has 6 nitrogen and oxygen atoms in total. The lowest BCUT2D eigenvalue weighted by Gasteiger charge is -2.27. The molecule has 15 heavy (non-hydrogen) atoms. The van der Waals surface area contributed by atoms with Gasteiger partial charge in [-0.25, -0.2) is 4.79 Å². The Balaban J connectivity index is 2.33. The Hall–Kier alpha value is -0.850. The van der Waals surface area contributed by atoms with Gasteiger partial charge in [0.2, 0.25) is 0 Å². The van der Waals surface area contributed by atoms with Crippen molar-refractivity contribution in [3.8, 4) is 0 Å².